The zero-order chi connectivity index (χ0) is 12.5. The number of hydrogen-bond donors (Lipinski definition) is 0. The Morgan fingerprint density at radius 1 is 1.39 bits per heavy atom. The number of methoxy groups -OCH3 is 1. The Morgan fingerprint density at radius 3 is 3.00 bits per heavy atom. The Bertz CT molecular complexity index is 536. The van der Waals surface area contributed by atoms with E-state index in [1.165, 1.54) is 5.69 Å². The summed E-state index contributed by atoms with van der Waals surface area (Å²) < 4.78 is 7.80. The first-order valence-corrected chi connectivity index (χ1v) is 6.80. The first kappa shape index (κ1) is 11.7. The lowest BCUT2D eigenvalue weighted by Crippen LogP contribution is -2.32. The summed E-state index contributed by atoms with van der Waals surface area (Å²) in [5.74, 6) is 0. The van der Waals surface area contributed by atoms with Crippen LogP contribution in [0.2, 0.25) is 0 Å². The van der Waals surface area contributed by atoms with Crippen molar-refractivity contribution in [3.8, 4) is 0 Å². The third kappa shape index (κ3) is 2.13. The molecule has 2 aromatic heterocycles. The third-order valence-corrected chi connectivity index (χ3v) is 4.12. The van der Waals surface area contributed by atoms with Gasteiger partial charge in [0.25, 0.3) is 0 Å². The number of fused-ring (bicyclic) bond motifs is 1. The van der Waals surface area contributed by atoms with Crippen molar-refractivity contribution in [3.63, 3.8) is 0 Å². The molecule has 0 amide bonds. The van der Waals surface area contributed by atoms with E-state index in [9.17, 15) is 0 Å². The third-order valence-electron chi connectivity index (χ3n) is 3.22. The van der Waals surface area contributed by atoms with Crippen molar-refractivity contribution < 1.29 is 4.74 Å². The topological polar surface area (TPSA) is 43.2 Å². The van der Waals surface area contributed by atoms with Crippen LogP contribution in [0.1, 0.15) is 10.7 Å². The van der Waals surface area contributed by atoms with E-state index in [0.717, 1.165) is 29.8 Å². The molecule has 0 N–H and O–H groups in total. The molecule has 18 heavy (non-hydrogen) atoms. The standard InChI is InChI=1S/C12H16N4OS/c1-9-13-14-12(18-9)16-6-10-4-3-5-15(10)7-11(8-16)17-2/h3-5,11H,6-8H2,1-2H3. The molecule has 0 aliphatic carbocycles. The summed E-state index contributed by atoms with van der Waals surface area (Å²) in [5.41, 5.74) is 1.29. The van der Waals surface area contributed by atoms with Crippen LogP contribution in [0.4, 0.5) is 5.13 Å². The molecule has 1 aliphatic heterocycles. The van der Waals surface area contributed by atoms with E-state index in [1.54, 1.807) is 18.4 Å². The second-order valence-electron chi connectivity index (χ2n) is 4.49. The van der Waals surface area contributed by atoms with Gasteiger partial charge in [-0.3, -0.25) is 0 Å². The van der Waals surface area contributed by atoms with Crippen molar-refractivity contribution in [1.29, 1.82) is 0 Å². The van der Waals surface area contributed by atoms with Crippen LogP contribution in [0.25, 0.3) is 0 Å². The van der Waals surface area contributed by atoms with Crippen LogP contribution >= 0.6 is 11.3 Å². The van der Waals surface area contributed by atoms with Crippen molar-refractivity contribution >= 4 is 16.5 Å². The molecule has 1 atom stereocenters. The molecule has 0 bridgehead atoms. The molecular weight excluding hydrogens is 248 g/mol. The largest absolute Gasteiger partial charge is 0.378 e. The van der Waals surface area contributed by atoms with Gasteiger partial charge in [-0.25, -0.2) is 0 Å². The van der Waals surface area contributed by atoms with E-state index in [1.807, 2.05) is 6.92 Å². The van der Waals surface area contributed by atoms with E-state index in [0.29, 0.717) is 0 Å². The highest BCUT2D eigenvalue weighted by Gasteiger charge is 2.23. The van der Waals surface area contributed by atoms with Gasteiger partial charge < -0.3 is 14.2 Å². The van der Waals surface area contributed by atoms with Crippen LogP contribution in [0.5, 0.6) is 0 Å². The lowest BCUT2D eigenvalue weighted by Gasteiger charge is -2.21. The maximum absolute atomic E-state index is 5.55. The molecule has 0 aromatic carbocycles. The molecule has 5 nitrogen and oxygen atoms in total. The minimum atomic E-state index is 0.183. The molecule has 0 saturated carbocycles. The number of aryl methyl sites for hydroxylation is 1. The van der Waals surface area contributed by atoms with Gasteiger partial charge in [-0.1, -0.05) is 11.3 Å². The zero-order valence-electron chi connectivity index (χ0n) is 10.5. The van der Waals surface area contributed by atoms with Gasteiger partial charge in [-0.05, 0) is 19.1 Å². The van der Waals surface area contributed by atoms with E-state index < -0.39 is 0 Å². The average Bonchev–Trinajstić information content (AvgIpc) is 2.94. The molecule has 96 valence electrons. The van der Waals surface area contributed by atoms with Crippen LogP contribution in [-0.4, -0.2) is 34.5 Å². The van der Waals surface area contributed by atoms with E-state index >= 15 is 0 Å². The summed E-state index contributed by atoms with van der Waals surface area (Å²) in [4.78, 5) is 2.25. The van der Waals surface area contributed by atoms with Crippen molar-refractivity contribution in [3.05, 3.63) is 29.0 Å². The molecule has 2 aromatic rings. The molecule has 3 heterocycles. The minimum absolute atomic E-state index is 0.183. The number of anilines is 1. The fourth-order valence-electron chi connectivity index (χ4n) is 2.26. The number of ether oxygens (including phenoxy) is 1. The second-order valence-corrected chi connectivity index (χ2v) is 5.65. The van der Waals surface area contributed by atoms with Crippen LogP contribution < -0.4 is 4.90 Å². The normalized spacial score (nSPS) is 19.7. The minimum Gasteiger partial charge on any atom is -0.378 e. The Morgan fingerprint density at radius 2 is 2.28 bits per heavy atom. The summed E-state index contributed by atoms with van der Waals surface area (Å²) in [7, 11) is 1.77. The molecule has 6 heteroatoms. The zero-order valence-corrected chi connectivity index (χ0v) is 11.4. The fourth-order valence-corrected chi connectivity index (χ4v) is 2.96. The predicted molar refractivity (Wildman–Crippen MR) is 70.9 cm³/mol. The van der Waals surface area contributed by atoms with E-state index in [2.05, 4.69) is 38.0 Å². The molecular formula is C12H16N4OS. The molecule has 1 aliphatic rings. The van der Waals surface area contributed by atoms with Gasteiger partial charge in [0.05, 0.1) is 19.2 Å². The van der Waals surface area contributed by atoms with Crippen LogP contribution in [0, 0.1) is 6.92 Å². The highest BCUT2D eigenvalue weighted by molar-refractivity contribution is 7.15. The molecule has 0 saturated heterocycles. The summed E-state index contributed by atoms with van der Waals surface area (Å²) in [5, 5.41) is 10.3. The molecule has 0 radical (unpaired) electrons. The summed E-state index contributed by atoms with van der Waals surface area (Å²) in [6.07, 6.45) is 2.29. The first-order valence-electron chi connectivity index (χ1n) is 5.98. The highest BCUT2D eigenvalue weighted by Crippen LogP contribution is 2.24. The Labute approximate surface area is 110 Å². The van der Waals surface area contributed by atoms with E-state index in [4.69, 9.17) is 4.74 Å². The van der Waals surface area contributed by atoms with Gasteiger partial charge in [0.15, 0.2) is 0 Å². The van der Waals surface area contributed by atoms with Crippen molar-refractivity contribution in [2.75, 3.05) is 18.6 Å². The maximum atomic E-state index is 5.55. The van der Waals surface area contributed by atoms with Crippen molar-refractivity contribution in [1.82, 2.24) is 14.8 Å². The van der Waals surface area contributed by atoms with Crippen LogP contribution in [0.3, 0.4) is 0 Å². The average molecular weight is 264 g/mol. The monoisotopic (exact) mass is 264 g/mol. The van der Waals surface area contributed by atoms with Crippen molar-refractivity contribution in [2.45, 2.75) is 26.1 Å². The van der Waals surface area contributed by atoms with Gasteiger partial charge in [-0.15, -0.1) is 10.2 Å². The summed E-state index contributed by atoms with van der Waals surface area (Å²) >= 11 is 1.63. The Hall–Kier alpha value is -1.40. The number of rotatable bonds is 2. The van der Waals surface area contributed by atoms with Gasteiger partial charge in [-0.2, -0.15) is 0 Å². The smallest absolute Gasteiger partial charge is 0.208 e. The van der Waals surface area contributed by atoms with Gasteiger partial charge in [0, 0.05) is 25.5 Å². The highest BCUT2D eigenvalue weighted by atomic mass is 32.1. The molecule has 0 spiro atoms. The predicted octanol–water partition coefficient (Wildman–Crippen LogP) is 1.68. The maximum Gasteiger partial charge on any atom is 0.208 e. The van der Waals surface area contributed by atoms with Gasteiger partial charge >= 0.3 is 0 Å². The number of aromatic nitrogens is 3. The van der Waals surface area contributed by atoms with Gasteiger partial charge in [0.2, 0.25) is 5.13 Å². The van der Waals surface area contributed by atoms with Crippen molar-refractivity contribution in [2.24, 2.45) is 0 Å². The van der Waals surface area contributed by atoms with Crippen LogP contribution in [-0.2, 0) is 17.8 Å². The summed E-state index contributed by atoms with van der Waals surface area (Å²) in [6.45, 7) is 4.59. The Kier molecular flexibility index (Phi) is 3.05. The first-order chi connectivity index (χ1) is 8.76. The molecule has 3 rings (SSSR count). The Balaban J connectivity index is 1.91. The van der Waals surface area contributed by atoms with Crippen LogP contribution in [0.15, 0.2) is 18.3 Å². The molecule has 1 unspecified atom stereocenters. The quantitative estimate of drug-likeness (QED) is 0.828. The number of hydrogen-bond acceptors (Lipinski definition) is 5. The lowest BCUT2D eigenvalue weighted by molar-refractivity contribution is 0.0958. The SMILES string of the molecule is COC1CN(c2nnc(C)s2)Cc2cccn2C1. The molecule has 0 fully saturated rings. The number of nitrogens with zero attached hydrogens (tertiary/aromatic N) is 4. The second kappa shape index (κ2) is 4.70. The van der Waals surface area contributed by atoms with Gasteiger partial charge in [0.1, 0.15) is 5.01 Å². The fraction of sp³-hybridized carbons (Fsp3) is 0.500. The lowest BCUT2D eigenvalue weighted by atomic mass is 10.3. The summed E-state index contributed by atoms with van der Waals surface area (Å²) in [6, 6.07) is 4.23. The van der Waals surface area contributed by atoms with E-state index in [-0.39, 0.29) is 6.10 Å².